The number of halogens is 1. The lowest BCUT2D eigenvalue weighted by Gasteiger charge is -2.06. The van der Waals surface area contributed by atoms with E-state index in [0.717, 1.165) is 0 Å². The quantitative estimate of drug-likeness (QED) is 0.653. The van der Waals surface area contributed by atoms with Crippen LogP contribution in [0.5, 0.6) is 0 Å². The fourth-order valence-corrected chi connectivity index (χ4v) is 1.58. The zero-order valence-corrected chi connectivity index (χ0v) is 9.67. The van der Waals surface area contributed by atoms with Gasteiger partial charge in [0.05, 0.1) is 19.1 Å². The SMILES string of the molecule is COC(=O)Cc1cc(Br)c(C#N)cc1N. The third-order valence-electron chi connectivity index (χ3n) is 1.91. The summed E-state index contributed by atoms with van der Waals surface area (Å²) in [5, 5.41) is 8.73. The molecule has 1 aromatic carbocycles. The Morgan fingerprint density at radius 1 is 1.67 bits per heavy atom. The van der Waals surface area contributed by atoms with Crippen molar-refractivity contribution in [1.82, 2.24) is 0 Å². The molecular formula is C10H9BrN2O2. The molecule has 0 heterocycles. The number of benzene rings is 1. The number of carbonyl (C=O) groups is 1. The minimum Gasteiger partial charge on any atom is -0.469 e. The molecule has 0 spiro atoms. The van der Waals surface area contributed by atoms with Gasteiger partial charge in [-0.05, 0) is 33.6 Å². The largest absolute Gasteiger partial charge is 0.469 e. The van der Waals surface area contributed by atoms with Gasteiger partial charge in [-0.1, -0.05) is 0 Å². The molecule has 78 valence electrons. The number of hydrogen-bond acceptors (Lipinski definition) is 4. The van der Waals surface area contributed by atoms with Crippen molar-refractivity contribution in [2.75, 3.05) is 12.8 Å². The molecule has 1 rings (SSSR count). The number of nitriles is 1. The minimum atomic E-state index is -0.363. The molecule has 2 N–H and O–H groups in total. The van der Waals surface area contributed by atoms with Crippen LogP contribution in [-0.4, -0.2) is 13.1 Å². The van der Waals surface area contributed by atoms with E-state index in [1.807, 2.05) is 6.07 Å². The first-order valence-corrected chi connectivity index (χ1v) is 4.92. The molecule has 0 radical (unpaired) electrons. The molecule has 4 nitrogen and oxygen atoms in total. The summed E-state index contributed by atoms with van der Waals surface area (Å²) in [5.74, 6) is -0.363. The third-order valence-corrected chi connectivity index (χ3v) is 2.57. The van der Waals surface area contributed by atoms with Gasteiger partial charge in [0.25, 0.3) is 0 Å². The number of anilines is 1. The van der Waals surface area contributed by atoms with Crippen LogP contribution in [0.3, 0.4) is 0 Å². The molecular weight excluding hydrogens is 260 g/mol. The number of rotatable bonds is 2. The molecule has 0 saturated carbocycles. The highest BCUT2D eigenvalue weighted by molar-refractivity contribution is 9.10. The van der Waals surface area contributed by atoms with E-state index < -0.39 is 0 Å². The van der Waals surface area contributed by atoms with Crippen LogP contribution in [0, 0.1) is 11.3 Å². The van der Waals surface area contributed by atoms with Crippen LogP contribution in [0.1, 0.15) is 11.1 Å². The van der Waals surface area contributed by atoms with Crippen LogP contribution in [0.2, 0.25) is 0 Å². The van der Waals surface area contributed by atoms with Crippen molar-refractivity contribution in [1.29, 1.82) is 5.26 Å². The van der Waals surface area contributed by atoms with Crippen molar-refractivity contribution in [2.45, 2.75) is 6.42 Å². The Morgan fingerprint density at radius 2 is 2.33 bits per heavy atom. The Labute approximate surface area is 95.8 Å². The van der Waals surface area contributed by atoms with E-state index >= 15 is 0 Å². The topological polar surface area (TPSA) is 76.1 Å². The molecule has 0 aliphatic heterocycles. The van der Waals surface area contributed by atoms with Crippen molar-refractivity contribution in [3.05, 3.63) is 27.7 Å². The van der Waals surface area contributed by atoms with Gasteiger partial charge < -0.3 is 10.5 Å². The van der Waals surface area contributed by atoms with Gasteiger partial charge >= 0.3 is 5.97 Å². The van der Waals surface area contributed by atoms with Crippen molar-refractivity contribution in [2.24, 2.45) is 0 Å². The average Bonchev–Trinajstić information content (AvgIpc) is 2.22. The summed E-state index contributed by atoms with van der Waals surface area (Å²) in [6.07, 6.45) is 0.104. The van der Waals surface area contributed by atoms with Crippen LogP contribution in [0.25, 0.3) is 0 Å². The third kappa shape index (κ3) is 2.70. The number of nitrogens with zero attached hydrogens (tertiary/aromatic N) is 1. The molecule has 0 unspecified atom stereocenters. The molecule has 0 atom stereocenters. The van der Waals surface area contributed by atoms with Gasteiger partial charge in [-0.3, -0.25) is 4.79 Å². The Bertz CT molecular complexity index is 438. The van der Waals surface area contributed by atoms with E-state index in [0.29, 0.717) is 21.3 Å². The summed E-state index contributed by atoms with van der Waals surface area (Å²) in [5.41, 5.74) is 7.20. The maximum absolute atomic E-state index is 11.0. The van der Waals surface area contributed by atoms with Crippen molar-refractivity contribution >= 4 is 27.6 Å². The number of carbonyl (C=O) groups excluding carboxylic acids is 1. The molecule has 0 aliphatic rings. The summed E-state index contributed by atoms with van der Waals surface area (Å²) in [4.78, 5) is 11.0. The van der Waals surface area contributed by atoms with Gasteiger partial charge in [0.2, 0.25) is 0 Å². The molecule has 0 saturated heterocycles. The van der Waals surface area contributed by atoms with E-state index in [2.05, 4.69) is 20.7 Å². The first kappa shape index (κ1) is 11.5. The van der Waals surface area contributed by atoms with Crippen molar-refractivity contribution in [3.63, 3.8) is 0 Å². The Kier molecular flexibility index (Phi) is 3.69. The number of esters is 1. The summed E-state index contributed by atoms with van der Waals surface area (Å²) >= 11 is 3.22. The first-order chi connectivity index (χ1) is 7.08. The van der Waals surface area contributed by atoms with Gasteiger partial charge in [-0.2, -0.15) is 5.26 Å². The number of nitrogens with two attached hydrogens (primary N) is 1. The minimum absolute atomic E-state index is 0.104. The standard InChI is InChI=1S/C10H9BrN2O2/c1-15-10(14)4-6-2-8(11)7(5-12)3-9(6)13/h2-3H,4,13H2,1H3. The maximum atomic E-state index is 11.0. The van der Waals surface area contributed by atoms with Crippen molar-refractivity contribution in [3.8, 4) is 6.07 Å². The molecule has 5 heteroatoms. The van der Waals surface area contributed by atoms with Gasteiger partial charge in [0.15, 0.2) is 0 Å². The lowest BCUT2D eigenvalue weighted by Crippen LogP contribution is -2.07. The van der Waals surface area contributed by atoms with Gasteiger partial charge in [-0.25, -0.2) is 0 Å². The second-order valence-corrected chi connectivity index (χ2v) is 3.75. The lowest BCUT2D eigenvalue weighted by molar-refractivity contribution is -0.139. The highest BCUT2D eigenvalue weighted by Crippen LogP contribution is 2.23. The van der Waals surface area contributed by atoms with Crippen LogP contribution in [0.15, 0.2) is 16.6 Å². The second kappa shape index (κ2) is 4.80. The molecule has 15 heavy (non-hydrogen) atoms. The van der Waals surface area contributed by atoms with Gasteiger partial charge in [0, 0.05) is 10.2 Å². The van der Waals surface area contributed by atoms with E-state index in [9.17, 15) is 4.79 Å². The summed E-state index contributed by atoms with van der Waals surface area (Å²) in [6.45, 7) is 0. The monoisotopic (exact) mass is 268 g/mol. The summed E-state index contributed by atoms with van der Waals surface area (Å²) in [6, 6.07) is 5.18. The Hall–Kier alpha value is -1.54. The Morgan fingerprint density at radius 3 is 2.87 bits per heavy atom. The average molecular weight is 269 g/mol. The molecule has 0 aliphatic carbocycles. The van der Waals surface area contributed by atoms with E-state index in [4.69, 9.17) is 11.0 Å². The van der Waals surface area contributed by atoms with Crippen LogP contribution >= 0.6 is 15.9 Å². The molecule has 1 aromatic rings. The number of methoxy groups -OCH3 is 1. The zero-order chi connectivity index (χ0) is 11.4. The van der Waals surface area contributed by atoms with Crippen molar-refractivity contribution < 1.29 is 9.53 Å². The molecule has 0 aromatic heterocycles. The van der Waals surface area contributed by atoms with E-state index in [-0.39, 0.29) is 12.4 Å². The summed E-state index contributed by atoms with van der Waals surface area (Å²) < 4.78 is 5.15. The highest BCUT2D eigenvalue weighted by Gasteiger charge is 2.09. The zero-order valence-electron chi connectivity index (χ0n) is 8.08. The van der Waals surface area contributed by atoms with E-state index in [1.165, 1.54) is 13.2 Å². The molecule has 0 amide bonds. The first-order valence-electron chi connectivity index (χ1n) is 4.13. The highest BCUT2D eigenvalue weighted by atomic mass is 79.9. The summed E-state index contributed by atoms with van der Waals surface area (Å²) in [7, 11) is 1.32. The second-order valence-electron chi connectivity index (χ2n) is 2.90. The smallest absolute Gasteiger partial charge is 0.310 e. The van der Waals surface area contributed by atoms with Gasteiger partial charge in [-0.15, -0.1) is 0 Å². The van der Waals surface area contributed by atoms with Gasteiger partial charge in [0.1, 0.15) is 6.07 Å². The normalized spacial score (nSPS) is 9.40. The maximum Gasteiger partial charge on any atom is 0.310 e. The number of hydrogen-bond donors (Lipinski definition) is 1. The predicted molar refractivity (Wildman–Crippen MR) is 59.0 cm³/mol. The van der Waals surface area contributed by atoms with Crippen LogP contribution in [0.4, 0.5) is 5.69 Å². The lowest BCUT2D eigenvalue weighted by atomic mass is 10.1. The Balaban J connectivity index is 3.06. The van der Waals surface area contributed by atoms with Crippen LogP contribution in [-0.2, 0) is 16.0 Å². The molecule has 0 fully saturated rings. The number of nitrogen functional groups attached to an aromatic ring is 1. The molecule has 0 bridgehead atoms. The van der Waals surface area contributed by atoms with E-state index in [1.54, 1.807) is 6.07 Å². The fraction of sp³-hybridized carbons (Fsp3) is 0.200. The number of ether oxygens (including phenoxy) is 1. The van der Waals surface area contributed by atoms with Crippen LogP contribution < -0.4 is 5.73 Å². The fourth-order valence-electron chi connectivity index (χ4n) is 1.10. The predicted octanol–water partition coefficient (Wildman–Crippen LogP) is 1.62.